The molecule has 0 atom stereocenters. The molecule has 1 N–H and O–H groups in total. The maximum absolute atomic E-state index is 12.1. The van der Waals surface area contributed by atoms with E-state index in [1.807, 2.05) is 42.3 Å². The molecular formula is C18H20N2O2. The number of nitrogens with one attached hydrogen (secondary N) is 1. The van der Waals surface area contributed by atoms with Crippen LogP contribution in [-0.4, -0.2) is 30.2 Å². The number of para-hydroxylation sites is 1. The number of likely N-dealkylation sites (N-methyl/N-ethyl adjacent to an activating group) is 1. The van der Waals surface area contributed by atoms with E-state index in [2.05, 4.69) is 5.32 Å². The Kier molecular flexibility index (Phi) is 5.44. The van der Waals surface area contributed by atoms with E-state index in [0.29, 0.717) is 17.8 Å². The van der Waals surface area contributed by atoms with Crippen LogP contribution in [0.15, 0.2) is 54.6 Å². The molecule has 4 heteroatoms. The Labute approximate surface area is 130 Å². The Hall–Kier alpha value is -2.46. The third kappa shape index (κ3) is 4.53. The maximum atomic E-state index is 12.1. The van der Waals surface area contributed by atoms with E-state index in [9.17, 15) is 9.59 Å². The predicted octanol–water partition coefficient (Wildman–Crippen LogP) is 2.96. The minimum Gasteiger partial charge on any atom is -0.324 e. The highest BCUT2D eigenvalue weighted by Crippen LogP contribution is 2.15. The van der Waals surface area contributed by atoms with Gasteiger partial charge in [0.25, 0.3) is 0 Å². The number of amides is 1. The van der Waals surface area contributed by atoms with Gasteiger partial charge in [0, 0.05) is 12.1 Å². The second-order valence-electron chi connectivity index (χ2n) is 5.31. The zero-order valence-electron chi connectivity index (χ0n) is 12.9. The molecule has 0 fully saturated rings. The van der Waals surface area contributed by atoms with E-state index >= 15 is 0 Å². The highest BCUT2D eigenvalue weighted by atomic mass is 16.2. The van der Waals surface area contributed by atoms with E-state index in [4.69, 9.17) is 0 Å². The summed E-state index contributed by atoms with van der Waals surface area (Å²) in [7, 11) is 1.89. The number of nitrogens with zero attached hydrogens (tertiary/aromatic N) is 1. The van der Waals surface area contributed by atoms with E-state index in [-0.39, 0.29) is 18.2 Å². The normalized spacial score (nSPS) is 10.5. The van der Waals surface area contributed by atoms with Gasteiger partial charge in [-0.25, -0.2) is 0 Å². The van der Waals surface area contributed by atoms with Crippen molar-refractivity contribution in [1.29, 1.82) is 0 Å². The summed E-state index contributed by atoms with van der Waals surface area (Å²) < 4.78 is 0. The first kappa shape index (κ1) is 15.9. The van der Waals surface area contributed by atoms with Crippen LogP contribution in [0.25, 0.3) is 0 Å². The van der Waals surface area contributed by atoms with Gasteiger partial charge < -0.3 is 5.32 Å². The second kappa shape index (κ2) is 7.52. The molecule has 4 nitrogen and oxygen atoms in total. The van der Waals surface area contributed by atoms with E-state index < -0.39 is 0 Å². The van der Waals surface area contributed by atoms with Gasteiger partial charge >= 0.3 is 0 Å². The Morgan fingerprint density at radius 2 is 1.64 bits per heavy atom. The lowest BCUT2D eigenvalue weighted by Crippen LogP contribution is -2.30. The summed E-state index contributed by atoms with van der Waals surface area (Å²) in [6.45, 7) is 2.45. The molecule has 22 heavy (non-hydrogen) atoms. The molecule has 0 unspecified atom stereocenters. The van der Waals surface area contributed by atoms with Gasteiger partial charge in [-0.3, -0.25) is 14.5 Å². The Bertz CT molecular complexity index is 653. The minimum atomic E-state index is -0.132. The number of ketones is 1. The molecule has 2 rings (SSSR count). The number of carbonyl (C=O) groups is 2. The van der Waals surface area contributed by atoms with Gasteiger partial charge in [0.15, 0.2) is 5.78 Å². The van der Waals surface area contributed by atoms with Gasteiger partial charge in [0.2, 0.25) is 5.91 Å². The van der Waals surface area contributed by atoms with E-state index in [0.717, 1.165) is 5.56 Å². The number of Topliss-reactive ketones (excluding diaryl/α,β-unsaturated/α-hetero) is 1. The summed E-state index contributed by atoms with van der Waals surface area (Å²) in [5.41, 5.74) is 2.25. The number of anilines is 1. The van der Waals surface area contributed by atoms with Crippen molar-refractivity contribution >= 4 is 17.4 Å². The van der Waals surface area contributed by atoms with E-state index in [1.165, 1.54) is 6.92 Å². The Morgan fingerprint density at radius 1 is 1.00 bits per heavy atom. The zero-order valence-corrected chi connectivity index (χ0v) is 12.9. The van der Waals surface area contributed by atoms with Crippen molar-refractivity contribution in [2.75, 3.05) is 18.9 Å². The zero-order chi connectivity index (χ0) is 15.9. The lowest BCUT2D eigenvalue weighted by Gasteiger charge is -2.17. The van der Waals surface area contributed by atoms with Crippen LogP contribution in [0, 0.1) is 0 Å². The smallest absolute Gasteiger partial charge is 0.238 e. The van der Waals surface area contributed by atoms with Crippen molar-refractivity contribution in [3.63, 3.8) is 0 Å². The highest BCUT2D eigenvalue weighted by molar-refractivity contribution is 6.04. The average Bonchev–Trinajstić information content (AvgIpc) is 2.48. The molecule has 0 aliphatic heterocycles. The fourth-order valence-electron chi connectivity index (χ4n) is 2.29. The number of benzene rings is 2. The van der Waals surface area contributed by atoms with Crippen molar-refractivity contribution in [3.8, 4) is 0 Å². The fourth-order valence-corrected chi connectivity index (χ4v) is 2.29. The molecule has 0 radical (unpaired) electrons. The van der Waals surface area contributed by atoms with Crippen LogP contribution < -0.4 is 5.32 Å². The number of carbonyl (C=O) groups excluding carboxylic acids is 2. The lowest BCUT2D eigenvalue weighted by molar-refractivity contribution is -0.117. The largest absolute Gasteiger partial charge is 0.324 e. The van der Waals surface area contributed by atoms with Crippen LogP contribution in [0.1, 0.15) is 22.8 Å². The monoisotopic (exact) mass is 296 g/mol. The molecule has 2 aromatic rings. The van der Waals surface area contributed by atoms with Crippen molar-refractivity contribution in [2.45, 2.75) is 13.5 Å². The second-order valence-corrected chi connectivity index (χ2v) is 5.31. The van der Waals surface area contributed by atoms with Crippen LogP contribution in [0.4, 0.5) is 5.69 Å². The van der Waals surface area contributed by atoms with Gasteiger partial charge in [0.1, 0.15) is 0 Å². The molecule has 2 aromatic carbocycles. The molecule has 0 aliphatic rings. The first-order valence-electron chi connectivity index (χ1n) is 7.18. The quantitative estimate of drug-likeness (QED) is 0.834. The van der Waals surface area contributed by atoms with Crippen molar-refractivity contribution in [1.82, 2.24) is 4.90 Å². The van der Waals surface area contributed by atoms with Crippen LogP contribution in [0.5, 0.6) is 0 Å². The highest BCUT2D eigenvalue weighted by Gasteiger charge is 2.11. The number of hydrogen-bond acceptors (Lipinski definition) is 3. The van der Waals surface area contributed by atoms with Gasteiger partial charge in [-0.15, -0.1) is 0 Å². The number of rotatable bonds is 6. The molecule has 114 valence electrons. The first-order valence-corrected chi connectivity index (χ1v) is 7.18. The standard InChI is InChI=1S/C18H20N2O2/c1-14(21)16-10-6-7-11-17(16)19-18(22)13-20(2)12-15-8-4-3-5-9-15/h3-11H,12-13H2,1-2H3,(H,19,22). The third-order valence-corrected chi connectivity index (χ3v) is 3.29. The van der Waals surface area contributed by atoms with Crippen molar-refractivity contribution in [3.05, 3.63) is 65.7 Å². The van der Waals surface area contributed by atoms with E-state index in [1.54, 1.807) is 24.3 Å². The van der Waals surface area contributed by atoms with Gasteiger partial charge in [-0.1, -0.05) is 42.5 Å². The number of hydrogen-bond donors (Lipinski definition) is 1. The first-order chi connectivity index (χ1) is 10.6. The summed E-state index contributed by atoms with van der Waals surface area (Å²) in [5.74, 6) is -0.194. The summed E-state index contributed by atoms with van der Waals surface area (Å²) in [5, 5.41) is 2.81. The molecule has 1 amide bonds. The Balaban J connectivity index is 1.94. The maximum Gasteiger partial charge on any atom is 0.238 e. The van der Waals surface area contributed by atoms with Gasteiger partial charge in [-0.05, 0) is 31.7 Å². The summed E-state index contributed by atoms with van der Waals surface area (Å²) in [6.07, 6.45) is 0. The van der Waals surface area contributed by atoms with Crippen LogP contribution in [-0.2, 0) is 11.3 Å². The van der Waals surface area contributed by atoms with Gasteiger partial charge in [-0.2, -0.15) is 0 Å². The lowest BCUT2D eigenvalue weighted by atomic mass is 10.1. The molecule has 0 saturated heterocycles. The molecule has 0 heterocycles. The van der Waals surface area contributed by atoms with Crippen LogP contribution in [0.3, 0.4) is 0 Å². The molecule has 0 spiro atoms. The fraction of sp³-hybridized carbons (Fsp3) is 0.222. The summed E-state index contributed by atoms with van der Waals surface area (Å²) in [6, 6.07) is 17.0. The predicted molar refractivity (Wildman–Crippen MR) is 87.9 cm³/mol. The molecular weight excluding hydrogens is 276 g/mol. The van der Waals surface area contributed by atoms with Crippen molar-refractivity contribution in [2.24, 2.45) is 0 Å². The van der Waals surface area contributed by atoms with Gasteiger partial charge in [0.05, 0.1) is 12.2 Å². The third-order valence-electron chi connectivity index (χ3n) is 3.29. The average molecular weight is 296 g/mol. The topological polar surface area (TPSA) is 49.4 Å². The Morgan fingerprint density at radius 3 is 2.32 bits per heavy atom. The van der Waals surface area contributed by atoms with Crippen molar-refractivity contribution < 1.29 is 9.59 Å². The van der Waals surface area contributed by atoms with Crippen LogP contribution >= 0.6 is 0 Å². The minimum absolute atomic E-state index is 0.0615. The summed E-state index contributed by atoms with van der Waals surface area (Å²) >= 11 is 0. The molecule has 0 saturated carbocycles. The van der Waals surface area contributed by atoms with Crippen LogP contribution in [0.2, 0.25) is 0 Å². The molecule has 0 bridgehead atoms. The molecule has 0 aromatic heterocycles. The SMILES string of the molecule is CC(=O)c1ccccc1NC(=O)CN(C)Cc1ccccc1. The summed E-state index contributed by atoms with van der Waals surface area (Å²) in [4.78, 5) is 25.6. The molecule has 0 aliphatic carbocycles.